The zero-order chi connectivity index (χ0) is 22.3. The third-order valence-corrected chi connectivity index (χ3v) is 4.64. The van der Waals surface area contributed by atoms with Gasteiger partial charge >= 0.3 is 0 Å². The Balaban J connectivity index is 1.91. The minimum Gasteiger partial charge on any atom is -0.490 e. The van der Waals surface area contributed by atoms with Crippen LogP contribution in [-0.2, 0) is 9.47 Å². The summed E-state index contributed by atoms with van der Waals surface area (Å²) in [6, 6.07) is 5.90. The minimum absolute atomic E-state index is 0.553. The number of fused-ring (bicyclic) bond motifs is 1. The number of anilines is 1. The smallest absolute Gasteiger partial charge is 0.195 e. The number of nitrogens with zero attached hydrogens (tertiary/aromatic N) is 2. The maximum Gasteiger partial charge on any atom is 0.195 e. The summed E-state index contributed by atoms with van der Waals surface area (Å²) >= 11 is 0. The number of benzene rings is 1. The van der Waals surface area contributed by atoms with Gasteiger partial charge in [0.2, 0.25) is 0 Å². The molecule has 1 aliphatic heterocycles. The van der Waals surface area contributed by atoms with Crippen molar-refractivity contribution in [2.75, 3.05) is 78.7 Å². The van der Waals surface area contributed by atoms with E-state index < -0.39 is 0 Å². The lowest BCUT2D eigenvalue weighted by Gasteiger charge is -2.18. The minimum atomic E-state index is 0.553. The topological polar surface area (TPSA) is 76.6 Å². The molecule has 0 saturated carbocycles. The summed E-state index contributed by atoms with van der Waals surface area (Å²) in [6.45, 7) is 11.2. The predicted octanol–water partition coefficient (Wildman–Crippen LogP) is 2.85. The molecule has 1 aliphatic rings. The van der Waals surface area contributed by atoms with Gasteiger partial charge in [-0.2, -0.15) is 0 Å². The van der Waals surface area contributed by atoms with Crippen LogP contribution in [0.3, 0.4) is 0 Å². The molecular weight excluding hydrogens is 396 g/mol. The average Bonchev–Trinajstić information content (AvgIpc) is 2.99. The standard InChI is InChI=1S/C23H40N4O4/c1-19(2)18-29-13-5-9-24-23(25-10-11-27(3)12-16-28-4)26-20-7-8-21-22(17-20)31-15-6-14-30-21/h7-8,17,19H,5-6,9-16,18H2,1-4H3,(H2,24,25,26). The molecule has 0 spiro atoms. The quantitative estimate of drug-likeness (QED) is 0.280. The normalized spacial score (nSPS) is 14.1. The fourth-order valence-electron chi connectivity index (χ4n) is 2.92. The highest BCUT2D eigenvalue weighted by atomic mass is 16.5. The van der Waals surface area contributed by atoms with Crippen LogP contribution in [0.5, 0.6) is 11.5 Å². The Morgan fingerprint density at radius 3 is 2.74 bits per heavy atom. The fourth-order valence-corrected chi connectivity index (χ4v) is 2.92. The molecular formula is C23H40N4O4. The van der Waals surface area contributed by atoms with Crippen molar-refractivity contribution in [3.8, 4) is 11.5 Å². The van der Waals surface area contributed by atoms with E-state index in [0.29, 0.717) is 25.7 Å². The van der Waals surface area contributed by atoms with E-state index in [9.17, 15) is 0 Å². The van der Waals surface area contributed by atoms with Gasteiger partial charge in [0.25, 0.3) is 0 Å². The summed E-state index contributed by atoms with van der Waals surface area (Å²) in [6.07, 6.45) is 1.77. The zero-order valence-electron chi connectivity index (χ0n) is 19.6. The van der Waals surface area contributed by atoms with Crippen LogP contribution in [0.4, 0.5) is 5.69 Å². The Kier molecular flexibility index (Phi) is 12.1. The van der Waals surface area contributed by atoms with Gasteiger partial charge in [-0.3, -0.25) is 4.99 Å². The molecule has 0 aromatic heterocycles. The SMILES string of the molecule is COCCN(C)CCNC(=NCCCOCC(C)C)Nc1ccc2c(c1)OCCCO2. The van der Waals surface area contributed by atoms with Crippen molar-refractivity contribution >= 4 is 11.6 Å². The largest absolute Gasteiger partial charge is 0.490 e. The van der Waals surface area contributed by atoms with Gasteiger partial charge in [0.15, 0.2) is 17.5 Å². The van der Waals surface area contributed by atoms with Crippen LogP contribution in [0, 0.1) is 5.92 Å². The summed E-state index contributed by atoms with van der Waals surface area (Å²) in [4.78, 5) is 6.95. The van der Waals surface area contributed by atoms with Crippen LogP contribution < -0.4 is 20.1 Å². The van der Waals surface area contributed by atoms with Crippen LogP contribution in [-0.4, -0.2) is 84.2 Å². The third-order valence-electron chi connectivity index (χ3n) is 4.64. The molecule has 31 heavy (non-hydrogen) atoms. The second-order valence-corrected chi connectivity index (χ2v) is 8.11. The van der Waals surface area contributed by atoms with Crippen molar-refractivity contribution in [2.24, 2.45) is 10.9 Å². The van der Waals surface area contributed by atoms with Crippen molar-refractivity contribution in [3.63, 3.8) is 0 Å². The lowest BCUT2D eigenvalue weighted by Crippen LogP contribution is -2.37. The Morgan fingerprint density at radius 2 is 1.97 bits per heavy atom. The van der Waals surface area contributed by atoms with Crippen LogP contribution in [0.1, 0.15) is 26.7 Å². The second-order valence-electron chi connectivity index (χ2n) is 8.11. The Hall–Kier alpha value is -2.03. The molecule has 8 heteroatoms. The first kappa shape index (κ1) is 25.2. The van der Waals surface area contributed by atoms with Gasteiger partial charge in [-0.1, -0.05) is 13.8 Å². The number of rotatable bonds is 13. The van der Waals surface area contributed by atoms with Crippen LogP contribution >= 0.6 is 0 Å². The number of methoxy groups -OCH3 is 1. The van der Waals surface area contributed by atoms with Crippen molar-refractivity contribution in [2.45, 2.75) is 26.7 Å². The molecule has 1 aromatic rings. The molecule has 1 heterocycles. The first-order valence-corrected chi connectivity index (χ1v) is 11.3. The molecule has 0 unspecified atom stereocenters. The van der Waals surface area contributed by atoms with E-state index >= 15 is 0 Å². The molecule has 1 aromatic carbocycles. The molecule has 0 aliphatic carbocycles. The number of aliphatic imine (C=N–C) groups is 1. The van der Waals surface area contributed by atoms with Gasteiger partial charge in [0.1, 0.15) is 0 Å². The maximum atomic E-state index is 5.81. The van der Waals surface area contributed by atoms with Gasteiger partial charge in [-0.25, -0.2) is 0 Å². The predicted molar refractivity (Wildman–Crippen MR) is 126 cm³/mol. The number of likely N-dealkylation sites (N-methyl/N-ethyl adjacent to an activating group) is 1. The number of ether oxygens (including phenoxy) is 4. The van der Waals surface area contributed by atoms with E-state index in [1.54, 1.807) is 7.11 Å². The molecule has 0 amide bonds. The summed E-state index contributed by atoms with van der Waals surface area (Å²) in [5.74, 6) is 2.86. The summed E-state index contributed by atoms with van der Waals surface area (Å²) in [5.41, 5.74) is 0.916. The van der Waals surface area contributed by atoms with Gasteiger partial charge in [-0.15, -0.1) is 0 Å². The molecule has 0 atom stereocenters. The van der Waals surface area contributed by atoms with E-state index in [-0.39, 0.29) is 0 Å². The average molecular weight is 437 g/mol. The Morgan fingerprint density at radius 1 is 1.16 bits per heavy atom. The van der Waals surface area contributed by atoms with E-state index in [2.05, 4.69) is 36.4 Å². The number of nitrogens with one attached hydrogen (secondary N) is 2. The third kappa shape index (κ3) is 10.7. The summed E-state index contributed by atoms with van der Waals surface area (Å²) < 4.78 is 22.3. The van der Waals surface area contributed by atoms with E-state index in [4.69, 9.17) is 23.9 Å². The van der Waals surface area contributed by atoms with Crippen LogP contribution in [0.15, 0.2) is 23.2 Å². The number of hydrogen-bond acceptors (Lipinski definition) is 6. The number of guanidine groups is 1. The first-order chi connectivity index (χ1) is 15.1. The molecule has 0 fully saturated rings. The maximum absolute atomic E-state index is 5.81. The van der Waals surface area contributed by atoms with E-state index in [1.807, 2.05) is 18.2 Å². The van der Waals surface area contributed by atoms with Crippen molar-refractivity contribution in [3.05, 3.63) is 18.2 Å². The van der Waals surface area contributed by atoms with Gasteiger partial charge in [-0.05, 0) is 31.5 Å². The van der Waals surface area contributed by atoms with Crippen molar-refractivity contribution in [1.82, 2.24) is 10.2 Å². The fraction of sp³-hybridized carbons (Fsp3) is 0.696. The monoisotopic (exact) mass is 436 g/mol. The lowest BCUT2D eigenvalue weighted by atomic mass is 10.2. The molecule has 0 radical (unpaired) electrons. The number of hydrogen-bond donors (Lipinski definition) is 2. The summed E-state index contributed by atoms with van der Waals surface area (Å²) in [5, 5.41) is 6.82. The molecule has 176 valence electrons. The zero-order valence-corrected chi connectivity index (χ0v) is 19.6. The van der Waals surface area contributed by atoms with Gasteiger partial charge in [0.05, 0.1) is 19.8 Å². The molecule has 8 nitrogen and oxygen atoms in total. The van der Waals surface area contributed by atoms with Gasteiger partial charge < -0.3 is 34.5 Å². The van der Waals surface area contributed by atoms with E-state index in [0.717, 1.165) is 75.4 Å². The van der Waals surface area contributed by atoms with Crippen molar-refractivity contribution in [1.29, 1.82) is 0 Å². The van der Waals surface area contributed by atoms with Crippen LogP contribution in [0.25, 0.3) is 0 Å². The highest BCUT2D eigenvalue weighted by molar-refractivity contribution is 5.94. The molecule has 0 saturated heterocycles. The summed E-state index contributed by atoms with van der Waals surface area (Å²) in [7, 11) is 3.81. The lowest BCUT2D eigenvalue weighted by molar-refractivity contribution is 0.109. The van der Waals surface area contributed by atoms with Gasteiger partial charge in [0, 0.05) is 64.7 Å². The first-order valence-electron chi connectivity index (χ1n) is 11.3. The molecule has 0 bridgehead atoms. The highest BCUT2D eigenvalue weighted by Crippen LogP contribution is 2.32. The molecule has 2 rings (SSSR count). The second kappa shape index (κ2) is 14.9. The van der Waals surface area contributed by atoms with Crippen LogP contribution in [0.2, 0.25) is 0 Å². The highest BCUT2D eigenvalue weighted by Gasteiger charge is 2.11. The van der Waals surface area contributed by atoms with Crippen molar-refractivity contribution < 1.29 is 18.9 Å². The Labute approximate surface area is 187 Å². The van der Waals surface area contributed by atoms with E-state index in [1.165, 1.54) is 0 Å². The Bertz CT molecular complexity index is 654. The molecule has 2 N–H and O–H groups in total.